The molecule has 0 amide bonds. The van der Waals surface area contributed by atoms with Crippen LogP contribution in [0.1, 0.15) is 33.6 Å². The van der Waals surface area contributed by atoms with E-state index in [1.807, 2.05) is 5.01 Å². The Morgan fingerprint density at radius 1 is 1.18 bits per heavy atom. The second-order valence-corrected chi connectivity index (χ2v) is 4.68. The molecule has 2 heteroatoms. The summed E-state index contributed by atoms with van der Waals surface area (Å²) in [7, 11) is 0. The lowest BCUT2D eigenvalue weighted by molar-refractivity contribution is 0.113. The first-order valence-corrected chi connectivity index (χ1v) is 4.50. The molecule has 0 aromatic rings. The van der Waals surface area contributed by atoms with E-state index < -0.39 is 0 Å². The number of hydrogen-bond acceptors (Lipinski definition) is 2. The van der Waals surface area contributed by atoms with Crippen LogP contribution in [0.3, 0.4) is 0 Å². The third-order valence-electron chi connectivity index (χ3n) is 2.75. The quantitative estimate of drug-likeness (QED) is 0.540. The van der Waals surface area contributed by atoms with E-state index in [1.165, 1.54) is 12.8 Å². The van der Waals surface area contributed by atoms with Gasteiger partial charge in [0.1, 0.15) is 0 Å². The number of nitrogens with zero attached hydrogens (tertiary/aromatic N) is 1. The normalized spacial score (nSPS) is 24.0. The first-order valence-electron chi connectivity index (χ1n) is 4.50. The van der Waals surface area contributed by atoms with Gasteiger partial charge in [-0.05, 0) is 24.2 Å². The molecule has 0 atom stereocenters. The van der Waals surface area contributed by atoms with Crippen LogP contribution in [0.2, 0.25) is 0 Å². The monoisotopic (exact) mass is 156 g/mol. The summed E-state index contributed by atoms with van der Waals surface area (Å²) >= 11 is 0. The first kappa shape index (κ1) is 9.01. The number of piperidine rings is 1. The highest BCUT2D eigenvalue weighted by atomic mass is 15.4. The molecule has 0 aromatic carbocycles. The molecule has 0 saturated carbocycles. The molecule has 1 rings (SSSR count). The summed E-state index contributed by atoms with van der Waals surface area (Å²) in [5.41, 5.74) is 0.473. The topological polar surface area (TPSA) is 29.3 Å². The zero-order valence-electron chi connectivity index (χ0n) is 7.93. The summed E-state index contributed by atoms with van der Waals surface area (Å²) in [5.74, 6) is 6.54. The molecular weight excluding hydrogens is 136 g/mol. The Morgan fingerprint density at radius 2 is 1.64 bits per heavy atom. The van der Waals surface area contributed by atoms with E-state index in [0.29, 0.717) is 5.41 Å². The lowest BCUT2D eigenvalue weighted by Gasteiger charge is -2.36. The Morgan fingerprint density at radius 3 is 2.00 bits per heavy atom. The first-order chi connectivity index (χ1) is 5.00. The van der Waals surface area contributed by atoms with Gasteiger partial charge in [-0.15, -0.1) is 0 Å². The predicted molar refractivity (Wildman–Crippen MR) is 47.9 cm³/mol. The van der Waals surface area contributed by atoms with Crippen LogP contribution in [0.4, 0.5) is 0 Å². The zero-order chi connectivity index (χ0) is 8.48. The number of hydrazine groups is 1. The molecule has 11 heavy (non-hydrogen) atoms. The lowest BCUT2D eigenvalue weighted by atomic mass is 9.75. The van der Waals surface area contributed by atoms with Crippen LogP contribution < -0.4 is 5.84 Å². The van der Waals surface area contributed by atoms with Crippen LogP contribution in [0.5, 0.6) is 0 Å². The molecule has 1 saturated heterocycles. The van der Waals surface area contributed by atoms with Crippen molar-refractivity contribution in [3.8, 4) is 0 Å². The van der Waals surface area contributed by atoms with Crippen molar-refractivity contribution < 1.29 is 0 Å². The van der Waals surface area contributed by atoms with Gasteiger partial charge in [0.25, 0.3) is 0 Å². The minimum atomic E-state index is 0.473. The SMILES string of the molecule is CC(C)(C)C1CCN(N)CC1. The van der Waals surface area contributed by atoms with E-state index in [2.05, 4.69) is 20.8 Å². The number of hydrogen-bond donors (Lipinski definition) is 1. The van der Waals surface area contributed by atoms with E-state index >= 15 is 0 Å². The van der Waals surface area contributed by atoms with Gasteiger partial charge in [-0.2, -0.15) is 0 Å². The highest BCUT2D eigenvalue weighted by Crippen LogP contribution is 2.33. The molecule has 0 unspecified atom stereocenters. The van der Waals surface area contributed by atoms with Gasteiger partial charge in [-0.3, -0.25) is 5.84 Å². The smallest absolute Gasteiger partial charge is 0.0131 e. The molecule has 2 nitrogen and oxygen atoms in total. The van der Waals surface area contributed by atoms with E-state index in [-0.39, 0.29) is 0 Å². The van der Waals surface area contributed by atoms with E-state index in [4.69, 9.17) is 5.84 Å². The van der Waals surface area contributed by atoms with Crippen molar-refractivity contribution in [2.24, 2.45) is 17.2 Å². The molecule has 1 heterocycles. The maximum absolute atomic E-state index is 5.67. The van der Waals surface area contributed by atoms with Crippen LogP contribution in [0.15, 0.2) is 0 Å². The van der Waals surface area contributed by atoms with E-state index in [0.717, 1.165) is 19.0 Å². The molecule has 2 N–H and O–H groups in total. The van der Waals surface area contributed by atoms with Crippen LogP contribution in [0, 0.1) is 11.3 Å². The van der Waals surface area contributed by atoms with Crippen molar-refractivity contribution in [3.05, 3.63) is 0 Å². The highest BCUT2D eigenvalue weighted by molar-refractivity contribution is 4.78. The van der Waals surface area contributed by atoms with E-state index in [9.17, 15) is 0 Å². The van der Waals surface area contributed by atoms with Crippen molar-refractivity contribution in [2.75, 3.05) is 13.1 Å². The fourth-order valence-corrected chi connectivity index (χ4v) is 1.77. The largest absolute Gasteiger partial charge is 0.269 e. The molecule has 0 bridgehead atoms. The third kappa shape index (κ3) is 2.46. The van der Waals surface area contributed by atoms with Crippen molar-refractivity contribution in [3.63, 3.8) is 0 Å². The number of rotatable bonds is 0. The molecular formula is C9H20N2. The molecule has 1 aliphatic rings. The molecule has 0 aliphatic carbocycles. The van der Waals surface area contributed by atoms with Crippen LogP contribution in [-0.2, 0) is 0 Å². The van der Waals surface area contributed by atoms with Gasteiger partial charge in [0, 0.05) is 13.1 Å². The average Bonchev–Trinajstić information content (AvgIpc) is 1.86. The van der Waals surface area contributed by atoms with Gasteiger partial charge in [-0.1, -0.05) is 20.8 Å². The summed E-state index contributed by atoms with van der Waals surface area (Å²) in [6, 6.07) is 0. The van der Waals surface area contributed by atoms with E-state index in [1.54, 1.807) is 0 Å². The molecule has 66 valence electrons. The fraction of sp³-hybridized carbons (Fsp3) is 1.00. The summed E-state index contributed by atoms with van der Waals surface area (Å²) in [5, 5.41) is 1.93. The average molecular weight is 156 g/mol. The molecule has 0 spiro atoms. The second-order valence-electron chi connectivity index (χ2n) is 4.68. The van der Waals surface area contributed by atoms with Gasteiger partial charge in [-0.25, -0.2) is 5.01 Å². The fourth-order valence-electron chi connectivity index (χ4n) is 1.77. The van der Waals surface area contributed by atoms with Crippen LogP contribution in [0.25, 0.3) is 0 Å². The Hall–Kier alpha value is -0.0800. The zero-order valence-corrected chi connectivity index (χ0v) is 7.93. The van der Waals surface area contributed by atoms with Crippen molar-refractivity contribution in [1.29, 1.82) is 0 Å². The van der Waals surface area contributed by atoms with Crippen molar-refractivity contribution in [2.45, 2.75) is 33.6 Å². The Labute approximate surface area is 69.7 Å². The van der Waals surface area contributed by atoms with Crippen LogP contribution >= 0.6 is 0 Å². The molecule has 0 aromatic heterocycles. The minimum Gasteiger partial charge on any atom is -0.269 e. The number of nitrogens with two attached hydrogens (primary N) is 1. The molecule has 1 aliphatic heterocycles. The molecule has 0 radical (unpaired) electrons. The van der Waals surface area contributed by atoms with Gasteiger partial charge < -0.3 is 0 Å². The van der Waals surface area contributed by atoms with Crippen LogP contribution in [-0.4, -0.2) is 18.1 Å². The molecule has 1 fully saturated rings. The summed E-state index contributed by atoms with van der Waals surface area (Å²) < 4.78 is 0. The highest BCUT2D eigenvalue weighted by Gasteiger charge is 2.27. The summed E-state index contributed by atoms with van der Waals surface area (Å²) in [6.45, 7) is 9.11. The Balaban J connectivity index is 2.39. The van der Waals surface area contributed by atoms with Crippen molar-refractivity contribution >= 4 is 0 Å². The third-order valence-corrected chi connectivity index (χ3v) is 2.75. The Kier molecular flexibility index (Phi) is 2.55. The maximum Gasteiger partial charge on any atom is 0.0131 e. The van der Waals surface area contributed by atoms with Gasteiger partial charge in [0.05, 0.1) is 0 Å². The van der Waals surface area contributed by atoms with Crippen molar-refractivity contribution in [1.82, 2.24) is 5.01 Å². The second kappa shape index (κ2) is 3.11. The van der Waals surface area contributed by atoms with Gasteiger partial charge in [0.2, 0.25) is 0 Å². The summed E-state index contributed by atoms with van der Waals surface area (Å²) in [6.07, 6.45) is 2.53. The minimum absolute atomic E-state index is 0.473. The summed E-state index contributed by atoms with van der Waals surface area (Å²) in [4.78, 5) is 0. The van der Waals surface area contributed by atoms with Gasteiger partial charge >= 0.3 is 0 Å². The standard InChI is InChI=1S/C9H20N2/c1-9(2,3)8-4-6-11(10)7-5-8/h8H,4-7,10H2,1-3H3. The Bertz CT molecular complexity index is 118. The maximum atomic E-state index is 5.67. The van der Waals surface area contributed by atoms with Gasteiger partial charge in [0.15, 0.2) is 0 Å². The lowest BCUT2D eigenvalue weighted by Crippen LogP contribution is -2.41. The predicted octanol–water partition coefficient (Wildman–Crippen LogP) is 1.62.